The van der Waals surface area contributed by atoms with Gasteiger partial charge in [-0.15, -0.1) is 0 Å². The van der Waals surface area contributed by atoms with Crippen molar-refractivity contribution < 1.29 is 69.9 Å². The van der Waals surface area contributed by atoms with Crippen LogP contribution in [0.3, 0.4) is 0 Å². The molecule has 0 heterocycles. The van der Waals surface area contributed by atoms with Crippen molar-refractivity contribution in [1.82, 2.24) is 0 Å². The Morgan fingerprint density at radius 2 is 1.17 bits per heavy atom. The first-order valence-electron chi connectivity index (χ1n) is 0.136. The van der Waals surface area contributed by atoms with Crippen LogP contribution in [0.4, 0.5) is 0 Å². The third kappa shape index (κ3) is 32.2. The van der Waals surface area contributed by atoms with Crippen LogP contribution >= 0.6 is 0 Å². The molecule has 0 aliphatic rings. The first-order valence-corrected chi connectivity index (χ1v) is 0.561. The molecule has 0 aliphatic heterocycles. The molecule has 42 valence electrons. The van der Waals surface area contributed by atoms with E-state index in [1.165, 1.54) is 0 Å². The molecule has 0 amide bonds. The van der Waals surface area contributed by atoms with Crippen LogP contribution in [0, 0.1) is 0 Å². The van der Waals surface area contributed by atoms with Crippen molar-refractivity contribution in [2.75, 3.05) is 0 Å². The van der Waals surface area contributed by atoms with E-state index in [2.05, 4.69) is 15.7 Å². The molecule has 0 rings (SSSR count). The van der Waals surface area contributed by atoms with Gasteiger partial charge in [-0.25, -0.2) is 0 Å². The Kier molecular flexibility index (Phi) is 344. The van der Waals surface area contributed by atoms with Crippen LogP contribution in [0.15, 0.2) is 0 Å². The number of hydrogen-bond donors (Lipinski definition) is 0. The summed E-state index contributed by atoms with van der Waals surface area (Å²) in [5.41, 5.74) is 0. The van der Waals surface area contributed by atoms with Crippen molar-refractivity contribution in [3.05, 3.63) is 0 Å². The normalized spacial score (nSPS) is 0.833. The van der Waals surface area contributed by atoms with Crippen molar-refractivity contribution in [3.63, 3.8) is 0 Å². The molecule has 6 heteroatoms. The first kappa shape index (κ1) is 39.6. The summed E-state index contributed by atoms with van der Waals surface area (Å²) < 4.78 is 7.94. The van der Waals surface area contributed by atoms with E-state index in [4.69, 9.17) is 3.87 Å². The first-order chi connectivity index (χ1) is 1.00. The Labute approximate surface area is 87.7 Å². The minimum atomic E-state index is 0. The minimum absolute atomic E-state index is 0. The summed E-state index contributed by atoms with van der Waals surface area (Å²) >= 11 is 2.31. The van der Waals surface area contributed by atoms with Crippen molar-refractivity contribution >= 4 is 18.9 Å². The Morgan fingerprint density at radius 3 is 1.17 bits per heavy atom. The molecule has 3 radical (unpaired) electrons. The molecular formula is Co2LiMnNiO. The summed E-state index contributed by atoms with van der Waals surface area (Å²) in [5.74, 6) is 0. The van der Waals surface area contributed by atoms with Crippen LogP contribution in [0.25, 0.3) is 0 Å². The topological polar surface area (TPSA) is 17.1 Å². The van der Waals surface area contributed by atoms with Crippen LogP contribution in [0.1, 0.15) is 0 Å². The van der Waals surface area contributed by atoms with Gasteiger partial charge in [-0.1, -0.05) is 0 Å². The van der Waals surface area contributed by atoms with Gasteiger partial charge in [0, 0.05) is 69.2 Å². The van der Waals surface area contributed by atoms with Crippen molar-refractivity contribution in [2.24, 2.45) is 0 Å². The fourth-order valence-corrected chi connectivity index (χ4v) is 0. The van der Waals surface area contributed by atoms with Gasteiger partial charge in [0.05, 0.1) is 0 Å². The summed E-state index contributed by atoms with van der Waals surface area (Å²) in [7, 11) is 0. The van der Waals surface area contributed by atoms with E-state index < -0.39 is 0 Å². The molecule has 0 atom stereocenters. The van der Waals surface area contributed by atoms with Crippen LogP contribution in [-0.2, 0) is 69.9 Å². The maximum atomic E-state index is 7.94. The Morgan fingerprint density at radius 1 is 1.17 bits per heavy atom. The molecule has 0 unspecified atom stereocenters. The van der Waals surface area contributed by atoms with Crippen LogP contribution < -0.4 is 0 Å². The average molecular weight is 254 g/mol. The Balaban J connectivity index is -0.000000000833. The average Bonchev–Trinajstić information content (AvgIpc) is 1.00. The number of rotatable bonds is 0. The predicted molar refractivity (Wildman–Crippen MR) is 6.44 cm³/mol. The van der Waals surface area contributed by atoms with Crippen molar-refractivity contribution in [1.29, 1.82) is 0 Å². The van der Waals surface area contributed by atoms with Gasteiger partial charge in [-0.3, -0.25) is 0 Å². The molecule has 0 saturated carbocycles. The second kappa shape index (κ2) is 52.2. The van der Waals surface area contributed by atoms with Crippen LogP contribution in [-0.4, -0.2) is 18.9 Å². The molecule has 0 aromatic heterocycles. The predicted octanol–water partition coefficient (Wildman–Crippen LogP) is -0.510. The standard InChI is InChI=1S/2Co.Li.Mn.Ni.O. The van der Waals surface area contributed by atoms with Gasteiger partial charge < -0.3 is 0 Å². The monoisotopic (exact) mass is 254 g/mol. The third-order valence-electron chi connectivity index (χ3n) is 0. The van der Waals surface area contributed by atoms with E-state index in [1.807, 2.05) is 0 Å². The summed E-state index contributed by atoms with van der Waals surface area (Å²) in [5, 5.41) is 0. The molecule has 0 spiro atoms. The molecule has 6 heavy (non-hydrogen) atoms. The maximum absolute atomic E-state index is 7.94. The van der Waals surface area contributed by atoms with Gasteiger partial charge in [-0.05, 0) is 0 Å². The summed E-state index contributed by atoms with van der Waals surface area (Å²) in [6.45, 7) is 0. The van der Waals surface area contributed by atoms with E-state index in [0.29, 0.717) is 0 Å². The molecule has 0 aliphatic carbocycles. The molecule has 0 bridgehead atoms. The van der Waals surface area contributed by atoms with Crippen molar-refractivity contribution in [2.45, 2.75) is 0 Å². The number of hydrogen-bond acceptors (Lipinski definition) is 1. The van der Waals surface area contributed by atoms with Gasteiger partial charge in [0.2, 0.25) is 0 Å². The Bertz CT molecular complexity index is 13.5. The molecule has 0 aromatic carbocycles. The third-order valence-corrected chi connectivity index (χ3v) is 0. The molecule has 1 nitrogen and oxygen atoms in total. The van der Waals surface area contributed by atoms with Gasteiger partial charge in [0.15, 0.2) is 0 Å². The zero-order valence-corrected chi connectivity index (χ0v) is 7.02. The second-order valence-corrected chi connectivity index (χ2v) is 0. The van der Waals surface area contributed by atoms with E-state index >= 15 is 0 Å². The van der Waals surface area contributed by atoms with Gasteiger partial charge in [-0.2, -0.15) is 0 Å². The van der Waals surface area contributed by atoms with Crippen molar-refractivity contribution in [3.8, 4) is 0 Å². The van der Waals surface area contributed by atoms with Crippen LogP contribution in [0.2, 0.25) is 0 Å². The SMILES string of the molecule is [Co].[Li].[Mn].[Ni].[O]=[Co]. The van der Waals surface area contributed by atoms with Crippen LogP contribution in [0.5, 0.6) is 0 Å². The summed E-state index contributed by atoms with van der Waals surface area (Å²) in [6.07, 6.45) is 0. The fraction of sp³-hybridized carbons (Fsp3) is 0. The zero-order valence-electron chi connectivity index (χ0n) is 2.77. The second-order valence-electron chi connectivity index (χ2n) is 0. The molecule has 0 saturated heterocycles. The summed E-state index contributed by atoms with van der Waals surface area (Å²) in [6, 6.07) is 0. The fourth-order valence-electron chi connectivity index (χ4n) is 0. The molecular weight excluding hydrogens is 254 g/mol. The van der Waals surface area contributed by atoms with Gasteiger partial charge >= 0.3 is 19.5 Å². The molecule has 0 N–H and O–H groups in total. The van der Waals surface area contributed by atoms with E-state index in [-0.39, 0.29) is 69.2 Å². The van der Waals surface area contributed by atoms with Gasteiger partial charge in [0.1, 0.15) is 0 Å². The van der Waals surface area contributed by atoms with E-state index in [9.17, 15) is 0 Å². The van der Waals surface area contributed by atoms with E-state index in [0.717, 1.165) is 0 Å². The molecule has 0 aromatic rings. The Hall–Kier alpha value is 2.42. The molecule has 0 fully saturated rings. The summed E-state index contributed by atoms with van der Waals surface area (Å²) in [4.78, 5) is 0. The van der Waals surface area contributed by atoms with Gasteiger partial charge in [0.25, 0.3) is 0 Å². The zero-order chi connectivity index (χ0) is 2.00. The quantitative estimate of drug-likeness (QED) is 0.532. The van der Waals surface area contributed by atoms with E-state index in [1.54, 1.807) is 0 Å².